The molecule has 0 aliphatic rings. The van der Waals surface area contributed by atoms with Crippen LogP contribution >= 0.6 is 0 Å². The van der Waals surface area contributed by atoms with Crippen LogP contribution in [-0.2, 0) is 11.3 Å². The molecular formula is C19H24N2O3. The largest absolute Gasteiger partial charge is 0.490 e. The highest BCUT2D eigenvalue weighted by Gasteiger charge is 2.09. The van der Waals surface area contributed by atoms with Crippen molar-refractivity contribution in [2.24, 2.45) is 5.73 Å². The highest BCUT2D eigenvalue weighted by Crippen LogP contribution is 2.28. The maximum absolute atomic E-state index is 10.9. The number of benzene rings is 2. The number of primary amides is 1. The Morgan fingerprint density at radius 3 is 2.54 bits per heavy atom. The Balaban J connectivity index is 2.02. The minimum absolute atomic E-state index is 0.164. The van der Waals surface area contributed by atoms with Crippen LogP contribution in [0.1, 0.15) is 31.0 Å². The summed E-state index contributed by atoms with van der Waals surface area (Å²) in [6, 6.07) is 16.2. The van der Waals surface area contributed by atoms with Crippen LogP contribution in [0.25, 0.3) is 0 Å². The van der Waals surface area contributed by atoms with Gasteiger partial charge in [0.25, 0.3) is 5.91 Å². The molecule has 5 nitrogen and oxygen atoms in total. The Morgan fingerprint density at radius 2 is 1.88 bits per heavy atom. The SMILES string of the molecule is CCOc1cc(CN[C@@H](C)c2ccccc2)ccc1OCC(N)=O. The number of carbonyl (C=O) groups excluding carboxylic acids is 1. The topological polar surface area (TPSA) is 73.6 Å². The summed E-state index contributed by atoms with van der Waals surface area (Å²) >= 11 is 0. The van der Waals surface area contributed by atoms with Gasteiger partial charge in [-0.2, -0.15) is 0 Å². The summed E-state index contributed by atoms with van der Waals surface area (Å²) in [6.45, 7) is 5.09. The van der Waals surface area contributed by atoms with E-state index in [0.29, 0.717) is 24.7 Å². The number of ether oxygens (including phenoxy) is 2. The van der Waals surface area contributed by atoms with Crippen molar-refractivity contribution in [3.63, 3.8) is 0 Å². The molecule has 2 aromatic carbocycles. The van der Waals surface area contributed by atoms with Crippen molar-refractivity contribution in [3.05, 3.63) is 59.7 Å². The first-order chi connectivity index (χ1) is 11.6. The molecule has 0 fully saturated rings. The quantitative estimate of drug-likeness (QED) is 0.742. The molecule has 0 bridgehead atoms. The molecule has 3 N–H and O–H groups in total. The molecule has 128 valence electrons. The second kappa shape index (κ2) is 8.93. The van der Waals surface area contributed by atoms with E-state index in [9.17, 15) is 4.79 Å². The van der Waals surface area contributed by atoms with Gasteiger partial charge < -0.3 is 20.5 Å². The molecule has 5 heteroatoms. The molecule has 0 aliphatic carbocycles. The molecule has 0 spiro atoms. The van der Waals surface area contributed by atoms with Crippen molar-refractivity contribution in [1.82, 2.24) is 5.32 Å². The number of hydrogen-bond donors (Lipinski definition) is 2. The van der Waals surface area contributed by atoms with E-state index in [1.807, 2.05) is 37.3 Å². The second-order valence-electron chi connectivity index (χ2n) is 5.48. The van der Waals surface area contributed by atoms with Gasteiger partial charge in [-0.1, -0.05) is 36.4 Å². The van der Waals surface area contributed by atoms with E-state index >= 15 is 0 Å². The zero-order chi connectivity index (χ0) is 17.4. The van der Waals surface area contributed by atoms with E-state index in [0.717, 1.165) is 5.56 Å². The average Bonchev–Trinajstić information content (AvgIpc) is 2.59. The third-order valence-electron chi connectivity index (χ3n) is 3.59. The van der Waals surface area contributed by atoms with Crippen molar-refractivity contribution < 1.29 is 14.3 Å². The summed E-state index contributed by atoms with van der Waals surface area (Å²) in [5, 5.41) is 3.48. The van der Waals surface area contributed by atoms with Crippen molar-refractivity contribution in [1.29, 1.82) is 0 Å². The predicted octanol–water partition coefficient (Wildman–Crippen LogP) is 2.80. The highest BCUT2D eigenvalue weighted by atomic mass is 16.5. The smallest absolute Gasteiger partial charge is 0.255 e. The zero-order valence-corrected chi connectivity index (χ0v) is 14.1. The molecule has 0 heterocycles. The summed E-state index contributed by atoms with van der Waals surface area (Å²) in [4.78, 5) is 10.9. The van der Waals surface area contributed by atoms with Crippen LogP contribution in [0.5, 0.6) is 11.5 Å². The first-order valence-corrected chi connectivity index (χ1v) is 8.05. The Kier molecular flexibility index (Phi) is 6.63. The monoisotopic (exact) mass is 328 g/mol. The summed E-state index contributed by atoms with van der Waals surface area (Å²) in [5.74, 6) is 0.626. The van der Waals surface area contributed by atoms with Gasteiger partial charge in [0.2, 0.25) is 0 Å². The molecule has 0 saturated heterocycles. The average molecular weight is 328 g/mol. The van der Waals surface area contributed by atoms with Gasteiger partial charge >= 0.3 is 0 Å². The predicted molar refractivity (Wildman–Crippen MR) is 94.0 cm³/mol. The van der Waals surface area contributed by atoms with Crippen LogP contribution in [0.4, 0.5) is 0 Å². The second-order valence-corrected chi connectivity index (χ2v) is 5.48. The van der Waals surface area contributed by atoms with Gasteiger partial charge in [-0.3, -0.25) is 4.79 Å². The van der Waals surface area contributed by atoms with Gasteiger partial charge in [0.05, 0.1) is 6.61 Å². The first kappa shape index (κ1) is 17.8. The highest BCUT2D eigenvalue weighted by molar-refractivity contribution is 5.75. The number of nitrogens with one attached hydrogen (secondary N) is 1. The molecular weight excluding hydrogens is 304 g/mol. The van der Waals surface area contributed by atoms with Crippen LogP contribution in [-0.4, -0.2) is 19.1 Å². The van der Waals surface area contributed by atoms with Crippen molar-refractivity contribution in [2.75, 3.05) is 13.2 Å². The fourth-order valence-corrected chi connectivity index (χ4v) is 2.33. The summed E-state index contributed by atoms with van der Waals surface area (Å²) in [5.41, 5.74) is 7.43. The lowest BCUT2D eigenvalue weighted by Crippen LogP contribution is -2.20. The third kappa shape index (κ3) is 5.28. The van der Waals surface area contributed by atoms with Crippen LogP contribution in [0.15, 0.2) is 48.5 Å². The lowest BCUT2D eigenvalue weighted by atomic mass is 10.1. The number of carbonyl (C=O) groups is 1. The molecule has 2 aromatic rings. The molecule has 0 aliphatic heterocycles. The van der Waals surface area contributed by atoms with Crippen molar-refractivity contribution in [2.45, 2.75) is 26.4 Å². The molecule has 24 heavy (non-hydrogen) atoms. The van der Waals surface area contributed by atoms with E-state index in [4.69, 9.17) is 15.2 Å². The molecule has 1 atom stereocenters. The van der Waals surface area contributed by atoms with Gasteiger partial charge in [-0.15, -0.1) is 0 Å². The minimum atomic E-state index is -0.514. The maximum atomic E-state index is 10.9. The molecule has 0 aromatic heterocycles. The van der Waals surface area contributed by atoms with E-state index in [1.165, 1.54) is 5.56 Å². The standard InChI is InChI=1S/C19H24N2O3/c1-3-23-18-11-15(9-10-17(18)24-13-19(20)22)12-21-14(2)16-7-5-4-6-8-16/h4-11,14,21H,3,12-13H2,1-2H3,(H2,20,22)/t14-/m0/s1. The van der Waals surface area contributed by atoms with Gasteiger partial charge in [0.15, 0.2) is 18.1 Å². The Bertz CT molecular complexity index is 659. The fraction of sp³-hybridized carbons (Fsp3) is 0.316. The van der Waals surface area contributed by atoms with Gasteiger partial charge in [-0.05, 0) is 37.1 Å². The zero-order valence-electron chi connectivity index (χ0n) is 14.1. The Morgan fingerprint density at radius 1 is 1.12 bits per heavy atom. The van der Waals surface area contributed by atoms with Crippen LogP contribution < -0.4 is 20.5 Å². The Hall–Kier alpha value is -2.53. The van der Waals surface area contributed by atoms with Gasteiger partial charge in [0.1, 0.15) is 0 Å². The molecule has 1 amide bonds. The van der Waals surface area contributed by atoms with E-state index in [-0.39, 0.29) is 12.6 Å². The molecule has 0 saturated carbocycles. The number of hydrogen-bond acceptors (Lipinski definition) is 4. The molecule has 0 unspecified atom stereocenters. The summed E-state index contributed by atoms with van der Waals surface area (Å²) in [7, 11) is 0. The van der Waals surface area contributed by atoms with Gasteiger partial charge in [0, 0.05) is 12.6 Å². The first-order valence-electron chi connectivity index (χ1n) is 8.05. The van der Waals surface area contributed by atoms with Crippen molar-refractivity contribution in [3.8, 4) is 11.5 Å². The minimum Gasteiger partial charge on any atom is -0.490 e. The Labute approximate surface area is 142 Å². The van der Waals surface area contributed by atoms with Crippen LogP contribution in [0, 0.1) is 0 Å². The summed E-state index contributed by atoms with van der Waals surface area (Å²) in [6.07, 6.45) is 0. The van der Waals surface area contributed by atoms with E-state index in [1.54, 1.807) is 6.07 Å². The van der Waals surface area contributed by atoms with E-state index in [2.05, 4.69) is 24.4 Å². The lowest BCUT2D eigenvalue weighted by molar-refractivity contribution is -0.119. The number of rotatable bonds is 9. The summed E-state index contributed by atoms with van der Waals surface area (Å²) < 4.78 is 11.0. The normalized spacial score (nSPS) is 11.8. The molecule has 2 rings (SSSR count). The van der Waals surface area contributed by atoms with Crippen molar-refractivity contribution >= 4 is 5.91 Å². The lowest BCUT2D eigenvalue weighted by Gasteiger charge is -2.16. The van der Waals surface area contributed by atoms with Crippen LogP contribution in [0.3, 0.4) is 0 Å². The van der Waals surface area contributed by atoms with Crippen LogP contribution in [0.2, 0.25) is 0 Å². The third-order valence-corrected chi connectivity index (χ3v) is 3.59. The van der Waals surface area contributed by atoms with E-state index < -0.39 is 5.91 Å². The number of amides is 1. The fourth-order valence-electron chi connectivity index (χ4n) is 2.33. The number of nitrogens with two attached hydrogens (primary N) is 1. The maximum Gasteiger partial charge on any atom is 0.255 e. The van der Waals surface area contributed by atoms with Gasteiger partial charge in [-0.25, -0.2) is 0 Å². The molecule has 0 radical (unpaired) electrons.